The van der Waals surface area contributed by atoms with Gasteiger partial charge in [0.15, 0.2) is 11.6 Å². The number of rotatable bonds is 11. The molecule has 3 aromatic carbocycles. The van der Waals surface area contributed by atoms with E-state index in [1.54, 1.807) is 42.9 Å². The Bertz CT molecular complexity index is 3430. The maximum atomic E-state index is 14.3. The number of aromatic amines is 1. The van der Waals surface area contributed by atoms with Crippen molar-refractivity contribution in [3.63, 3.8) is 0 Å². The van der Waals surface area contributed by atoms with Gasteiger partial charge in [-0.3, -0.25) is 20.1 Å². The number of pyridine rings is 1. The quantitative estimate of drug-likeness (QED) is 0.0705. The number of halogens is 4. The van der Waals surface area contributed by atoms with Gasteiger partial charge >= 0.3 is 0 Å². The number of aromatic nitrogens is 9. The fraction of sp³-hybridized carbons (Fsp3) is 0.390. The molecule has 3 fully saturated rings. The Hall–Kier alpha value is -7.16. The molecular formula is C59H65Cl2F2N17. The van der Waals surface area contributed by atoms with E-state index in [0.29, 0.717) is 95.7 Å². The molecule has 414 valence electrons. The van der Waals surface area contributed by atoms with Gasteiger partial charge in [-0.2, -0.15) is 5.10 Å². The number of hydrogen-bond donors (Lipinski definition) is 6. The zero-order chi connectivity index (χ0) is 55.3. The second kappa shape index (κ2) is 24.7. The summed E-state index contributed by atoms with van der Waals surface area (Å²) in [6, 6.07) is 21.0. The van der Waals surface area contributed by atoms with Crippen molar-refractivity contribution in [2.45, 2.75) is 114 Å². The number of aliphatic imine (C=N–C) groups is 2. The highest BCUT2D eigenvalue weighted by Gasteiger charge is 2.31. The number of nitrogens with one attached hydrogen (secondary N) is 3. The number of likely N-dealkylation sites (N-methyl/N-ethyl adjacent to an activating group) is 1. The number of anilines is 3. The Kier molecular flexibility index (Phi) is 16.9. The van der Waals surface area contributed by atoms with Gasteiger partial charge in [0.1, 0.15) is 34.4 Å². The molecular weight excluding hydrogens is 1060 g/mol. The van der Waals surface area contributed by atoms with Crippen LogP contribution in [0.15, 0.2) is 102 Å². The van der Waals surface area contributed by atoms with E-state index in [2.05, 4.69) is 79.8 Å². The highest BCUT2D eigenvalue weighted by molar-refractivity contribution is 6.32. The fourth-order valence-electron chi connectivity index (χ4n) is 11.9. The molecule has 5 aromatic heterocycles. The maximum absolute atomic E-state index is 14.3. The van der Waals surface area contributed by atoms with Gasteiger partial charge < -0.3 is 32.7 Å². The predicted octanol–water partition coefficient (Wildman–Crippen LogP) is 10.4. The SMILES string of the molecule is CN(c1cnc2c(-c3cccc4ncccc34)[nH]nc2n1)[C@@H]1CCCC[C@@H]1N.NC[C@H]1CCCC[C@@H]1Nc1cnc2c(n1)CN=C2c1cccc(Cl)c1F.NC[C@H]1CCCC[C@H]1Nc1cnc2c(n1)CN=C2c1cccc(Cl)c1F. The summed E-state index contributed by atoms with van der Waals surface area (Å²) in [5, 5.41) is 15.8. The van der Waals surface area contributed by atoms with Crippen molar-refractivity contribution in [3.05, 3.63) is 147 Å². The molecule has 0 amide bonds. The Morgan fingerprint density at radius 1 is 0.625 bits per heavy atom. The monoisotopic (exact) mass is 1120 g/mol. The van der Waals surface area contributed by atoms with Crippen molar-refractivity contribution in [1.29, 1.82) is 0 Å². The summed E-state index contributed by atoms with van der Waals surface area (Å²) in [6.07, 6.45) is 20.9. The molecule has 17 nitrogen and oxygen atoms in total. The van der Waals surface area contributed by atoms with Crippen molar-refractivity contribution in [1.82, 2.24) is 45.1 Å². The fourth-order valence-corrected chi connectivity index (χ4v) is 12.2. The molecule has 0 saturated heterocycles. The number of nitrogens with two attached hydrogens (primary N) is 3. The van der Waals surface area contributed by atoms with E-state index in [1.807, 2.05) is 24.4 Å². The van der Waals surface area contributed by atoms with Crippen molar-refractivity contribution >= 4 is 74.1 Å². The number of H-pyrrole nitrogens is 1. The van der Waals surface area contributed by atoms with Gasteiger partial charge in [-0.25, -0.2) is 38.7 Å². The molecule has 6 atom stereocenters. The van der Waals surface area contributed by atoms with Crippen LogP contribution in [0.25, 0.3) is 33.3 Å². The third-order valence-electron chi connectivity index (χ3n) is 16.2. The van der Waals surface area contributed by atoms with Crippen LogP contribution in [-0.2, 0) is 13.1 Å². The lowest BCUT2D eigenvalue weighted by Gasteiger charge is -2.36. The van der Waals surface area contributed by atoms with Crippen LogP contribution < -0.4 is 32.7 Å². The Morgan fingerprint density at radius 3 is 1.76 bits per heavy atom. The average Bonchev–Trinajstić information content (AvgIpc) is 4.43. The van der Waals surface area contributed by atoms with Crippen LogP contribution in [0.3, 0.4) is 0 Å². The molecule has 13 rings (SSSR count). The van der Waals surface area contributed by atoms with Crippen LogP contribution in [0.2, 0.25) is 10.0 Å². The third kappa shape index (κ3) is 11.6. The molecule has 0 bridgehead atoms. The first kappa shape index (κ1) is 54.8. The average molecular weight is 1120 g/mol. The highest BCUT2D eigenvalue weighted by Crippen LogP contribution is 2.34. The molecule has 3 aliphatic carbocycles. The van der Waals surface area contributed by atoms with E-state index in [9.17, 15) is 8.78 Å². The smallest absolute Gasteiger partial charge is 0.202 e. The predicted molar refractivity (Wildman–Crippen MR) is 313 cm³/mol. The molecule has 0 spiro atoms. The van der Waals surface area contributed by atoms with E-state index in [4.69, 9.17) is 50.4 Å². The molecule has 0 unspecified atom stereocenters. The Labute approximate surface area is 473 Å². The first-order valence-electron chi connectivity index (χ1n) is 27.7. The summed E-state index contributed by atoms with van der Waals surface area (Å²) in [5.41, 5.74) is 26.9. The van der Waals surface area contributed by atoms with Crippen molar-refractivity contribution in [2.75, 3.05) is 35.7 Å². The normalized spacial score (nSPS) is 21.3. The Morgan fingerprint density at radius 2 is 1.18 bits per heavy atom. The molecule has 5 aliphatic rings. The number of nitrogens with zero attached hydrogens (tertiary/aromatic N) is 11. The summed E-state index contributed by atoms with van der Waals surface area (Å²) in [7, 11) is 2.05. The first-order chi connectivity index (χ1) is 39.1. The third-order valence-corrected chi connectivity index (χ3v) is 16.8. The van der Waals surface area contributed by atoms with Gasteiger partial charge in [-0.05, 0) is 99.8 Å². The number of hydrogen-bond acceptors (Lipinski definition) is 16. The number of fused-ring (bicyclic) bond motifs is 4. The van der Waals surface area contributed by atoms with Crippen LogP contribution >= 0.6 is 23.2 Å². The van der Waals surface area contributed by atoms with Gasteiger partial charge in [-0.1, -0.05) is 92.1 Å². The van der Waals surface area contributed by atoms with E-state index in [-0.39, 0.29) is 16.1 Å². The zero-order valence-corrected chi connectivity index (χ0v) is 46.1. The first-order valence-corrected chi connectivity index (χ1v) is 28.5. The second-order valence-corrected chi connectivity index (χ2v) is 22.0. The minimum atomic E-state index is -0.474. The molecule has 0 radical (unpaired) electrons. The van der Waals surface area contributed by atoms with Gasteiger partial charge in [0, 0.05) is 59.5 Å². The van der Waals surface area contributed by atoms with Gasteiger partial charge in [0.25, 0.3) is 0 Å². The van der Waals surface area contributed by atoms with Crippen molar-refractivity contribution in [2.24, 2.45) is 39.0 Å². The molecule has 3 saturated carbocycles. The minimum absolute atomic E-state index is 0.0787. The van der Waals surface area contributed by atoms with E-state index in [0.717, 1.165) is 95.0 Å². The topological polar surface area (TPSA) is 249 Å². The van der Waals surface area contributed by atoms with Gasteiger partial charge in [-0.15, -0.1) is 0 Å². The van der Waals surface area contributed by atoms with Crippen molar-refractivity contribution in [3.8, 4) is 11.3 Å². The summed E-state index contributed by atoms with van der Waals surface area (Å²) in [5.74, 6) is 2.26. The van der Waals surface area contributed by atoms with Crippen molar-refractivity contribution < 1.29 is 8.78 Å². The molecule has 80 heavy (non-hydrogen) atoms. The van der Waals surface area contributed by atoms with Crippen LogP contribution in [-0.4, -0.2) is 101 Å². The van der Waals surface area contributed by atoms with Crippen LogP contribution in [0.1, 0.15) is 111 Å². The lowest BCUT2D eigenvalue weighted by Crippen LogP contribution is -2.48. The summed E-state index contributed by atoms with van der Waals surface area (Å²) >= 11 is 11.8. The molecule has 9 N–H and O–H groups in total. The Balaban J connectivity index is 0.000000127. The lowest BCUT2D eigenvalue weighted by molar-refractivity contribution is 0.332. The number of benzene rings is 3. The maximum Gasteiger partial charge on any atom is 0.202 e. The summed E-state index contributed by atoms with van der Waals surface area (Å²) < 4.78 is 28.7. The molecule has 2 aliphatic heterocycles. The second-order valence-electron chi connectivity index (χ2n) is 21.2. The van der Waals surface area contributed by atoms with Crippen LogP contribution in [0, 0.1) is 23.5 Å². The summed E-state index contributed by atoms with van der Waals surface area (Å²) in [4.78, 5) is 43.3. The molecule has 21 heteroatoms. The van der Waals surface area contributed by atoms with Crippen LogP contribution in [0.4, 0.5) is 26.2 Å². The highest BCUT2D eigenvalue weighted by atomic mass is 35.5. The molecule has 8 aromatic rings. The van der Waals surface area contributed by atoms with E-state index in [1.165, 1.54) is 50.7 Å². The standard InChI is InChI=1S/C21H23N7.2C19H21ClFN5/c1-28(17-10-3-2-8-15(17)22)18-12-24-20-19(26-27-21(20)25-18)14-6-4-9-16-13(14)7-5-11-23-16;2*20-13-6-3-5-12(17(13)21)18-19-15(9-23-18)26-16(10-24-19)25-14-7-2-1-4-11(14)8-22/h4-7,9,11-12,15,17H,2-3,8,10,22H2,1H3,(H,25,26,27);2*3,5-6,10-11,14H,1-2,4,7-9,22H2,(H,25,26)/t15-,17+;11-,14+;11-,14-/m011/s1. The molecule has 7 heterocycles. The van der Waals surface area contributed by atoms with E-state index < -0.39 is 11.6 Å². The minimum Gasteiger partial charge on any atom is -0.366 e. The summed E-state index contributed by atoms with van der Waals surface area (Å²) in [6.45, 7) is 2.14. The van der Waals surface area contributed by atoms with Crippen LogP contribution in [0.5, 0.6) is 0 Å². The lowest BCUT2D eigenvalue weighted by atomic mass is 9.84. The zero-order valence-electron chi connectivity index (χ0n) is 44.6. The van der Waals surface area contributed by atoms with Gasteiger partial charge in [0.05, 0.1) is 75.7 Å². The largest absolute Gasteiger partial charge is 0.366 e. The van der Waals surface area contributed by atoms with E-state index >= 15 is 0 Å². The van der Waals surface area contributed by atoms with Gasteiger partial charge in [0.2, 0.25) is 5.65 Å².